The van der Waals surface area contributed by atoms with Crippen molar-refractivity contribution in [3.8, 4) is 0 Å². The summed E-state index contributed by atoms with van der Waals surface area (Å²) >= 11 is 0. The predicted molar refractivity (Wildman–Crippen MR) is 247 cm³/mol. The topological polar surface area (TPSA) is 78.9 Å². The molecule has 0 fully saturated rings. The van der Waals surface area contributed by atoms with Crippen molar-refractivity contribution in [2.75, 3.05) is 13.2 Å². The SMILES string of the molecule is CC/C=C\C/C=C\C/C=C\CCCCCCCC(=O)OC[C@H](COC(=O)CCCCCCCCCCCCCCC)OC(=O)CCCCCCCCCCCCCC. The molecule has 0 radical (unpaired) electrons. The van der Waals surface area contributed by atoms with Gasteiger partial charge in [0.25, 0.3) is 0 Å². The van der Waals surface area contributed by atoms with Crippen LogP contribution in [0.15, 0.2) is 36.5 Å². The molecule has 0 aromatic heterocycles. The molecule has 0 aliphatic carbocycles. The lowest BCUT2D eigenvalue weighted by atomic mass is 10.0. The molecule has 0 aliphatic rings. The molecule has 0 saturated heterocycles. The molecule has 338 valence electrons. The van der Waals surface area contributed by atoms with Crippen LogP contribution in [0, 0.1) is 0 Å². The third-order valence-electron chi connectivity index (χ3n) is 10.9. The number of allylic oxidation sites excluding steroid dienone is 6. The van der Waals surface area contributed by atoms with E-state index in [-0.39, 0.29) is 31.1 Å². The van der Waals surface area contributed by atoms with Crippen LogP contribution < -0.4 is 0 Å². The molecule has 0 aromatic carbocycles. The highest BCUT2D eigenvalue weighted by Gasteiger charge is 2.19. The van der Waals surface area contributed by atoms with Gasteiger partial charge in [-0.2, -0.15) is 0 Å². The van der Waals surface area contributed by atoms with Gasteiger partial charge in [0.2, 0.25) is 0 Å². The van der Waals surface area contributed by atoms with Crippen molar-refractivity contribution < 1.29 is 28.6 Å². The summed E-state index contributed by atoms with van der Waals surface area (Å²) in [6.07, 6.45) is 54.1. The van der Waals surface area contributed by atoms with E-state index in [1.54, 1.807) is 0 Å². The number of hydrogen-bond donors (Lipinski definition) is 0. The van der Waals surface area contributed by atoms with Gasteiger partial charge in [-0.1, -0.05) is 224 Å². The zero-order valence-electron chi connectivity index (χ0n) is 38.6. The molecular formula is C52H94O6. The van der Waals surface area contributed by atoms with Crippen molar-refractivity contribution in [2.45, 2.75) is 264 Å². The molecule has 0 aromatic rings. The summed E-state index contributed by atoms with van der Waals surface area (Å²) < 4.78 is 16.8. The van der Waals surface area contributed by atoms with Crippen LogP contribution >= 0.6 is 0 Å². The van der Waals surface area contributed by atoms with Crippen LogP contribution in [0.4, 0.5) is 0 Å². The van der Waals surface area contributed by atoms with E-state index in [2.05, 4.69) is 57.2 Å². The van der Waals surface area contributed by atoms with E-state index in [1.807, 2.05) is 0 Å². The van der Waals surface area contributed by atoms with Gasteiger partial charge in [0.1, 0.15) is 13.2 Å². The summed E-state index contributed by atoms with van der Waals surface area (Å²) in [6.45, 7) is 6.52. The average molecular weight is 815 g/mol. The Balaban J connectivity index is 4.37. The number of rotatable bonds is 45. The number of hydrogen-bond acceptors (Lipinski definition) is 6. The molecule has 6 heteroatoms. The Hall–Kier alpha value is -2.37. The summed E-state index contributed by atoms with van der Waals surface area (Å²) in [4.78, 5) is 37.9. The summed E-state index contributed by atoms with van der Waals surface area (Å²) in [5, 5.41) is 0. The van der Waals surface area contributed by atoms with Crippen LogP contribution in [-0.4, -0.2) is 37.2 Å². The Bertz CT molecular complexity index is 984. The van der Waals surface area contributed by atoms with Gasteiger partial charge in [0.05, 0.1) is 0 Å². The fourth-order valence-electron chi connectivity index (χ4n) is 7.16. The highest BCUT2D eigenvalue weighted by Crippen LogP contribution is 2.15. The first-order valence-electron chi connectivity index (χ1n) is 25.0. The smallest absolute Gasteiger partial charge is 0.306 e. The van der Waals surface area contributed by atoms with Crippen molar-refractivity contribution in [3.63, 3.8) is 0 Å². The van der Waals surface area contributed by atoms with Gasteiger partial charge in [0.15, 0.2) is 6.10 Å². The van der Waals surface area contributed by atoms with Crippen LogP contribution in [0.5, 0.6) is 0 Å². The summed E-state index contributed by atoms with van der Waals surface area (Å²) in [5.74, 6) is -0.882. The number of ether oxygens (including phenoxy) is 3. The van der Waals surface area contributed by atoms with E-state index in [0.29, 0.717) is 19.3 Å². The first-order valence-corrected chi connectivity index (χ1v) is 25.0. The van der Waals surface area contributed by atoms with E-state index in [9.17, 15) is 14.4 Å². The second kappa shape index (κ2) is 47.3. The van der Waals surface area contributed by atoms with Gasteiger partial charge < -0.3 is 14.2 Å². The van der Waals surface area contributed by atoms with E-state index >= 15 is 0 Å². The minimum absolute atomic E-state index is 0.0736. The first-order chi connectivity index (χ1) is 28.5. The van der Waals surface area contributed by atoms with Gasteiger partial charge in [0, 0.05) is 19.3 Å². The zero-order valence-corrected chi connectivity index (χ0v) is 38.6. The summed E-state index contributed by atoms with van der Waals surface area (Å²) in [7, 11) is 0. The molecule has 0 unspecified atom stereocenters. The molecular weight excluding hydrogens is 721 g/mol. The lowest BCUT2D eigenvalue weighted by Crippen LogP contribution is -2.30. The van der Waals surface area contributed by atoms with Gasteiger partial charge >= 0.3 is 17.9 Å². The Morgan fingerprint density at radius 3 is 1.05 bits per heavy atom. The highest BCUT2D eigenvalue weighted by molar-refractivity contribution is 5.71. The van der Waals surface area contributed by atoms with Crippen molar-refractivity contribution in [3.05, 3.63) is 36.5 Å². The van der Waals surface area contributed by atoms with Crippen molar-refractivity contribution in [2.24, 2.45) is 0 Å². The zero-order chi connectivity index (χ0) is 42.3. The number of esters is 3. The van der Waals surface area contributed by atoms with Gasteiger partial charge in [-0.05, 0) is 51.4 Å². The molecule has 6 nitrogen and oxygen atoms in total. The fraction of sp³-hybridized carbons (Fsp3) is 0.827. The molecule has 0 amide bonds. The molecule has 0 heterocycles. The number of carbonyl (C=O) groups is 3. The van der Waals surface area contributed by atoms with Crippen LogP contribution in [0.3, 0.4) is 0 Å². The predicted octanol–water partition coefficient (Wildman–Crippen LogP) is 16.1. The third kappa shape index (κ3) is 44.7. The molecule has 0 saturated carbocycles. The third-order valence-corrected chi connectivity index (χ3v) is 10.9. The maximum absolute atomic E-state index is 12.7. The van der Waals surface area contributed by atoms with Crippen LogP contribution in [0.1, 0.15) is 258 Å². The van der Waals surface area contributed by atoms with Crippen molar-refractivity contribution in [1.82, 2.24) is 0 Å². The second-order valence-corrected chi connectivity index (χ2v) is 16.7. The van der Waals surface area contributed by atoms with Crippen molar-refractivity contribution >= 4 is 17.9 Å². The molecule has 1 atom stereocenters. The molecule has 0 spiro atoms. The monoisotopic (exact) mass is 815 g/mol. The highest BCUT2D eigenvalue weighted by atomic mass is 16.6. The summed E-state index contributed by atoms with van der Waals surface area (Å²) in [6, 6.07) is 0. The fourth-order valence-corrected chi connectivity index (χ4v) is 7.16. The minimum Gasteiger partial charge on any atom is -0.462 e. The molecule has 58 heavy (non-hydrogen) atoms. The Morgan fingerprint density at radius 1 is 0.362 bits per heavy atom. The van der Waals surface area contributed by atoms with E-state index < -0.39 is 6.10 Å². The van der Waals surface area contributed by atoms with Gasteiger partial charge in [-0.3, -0.25) is 14.4 Å². The molecule has 0 aliphatic heterocycles. The Morgan fingerprint density at radius 2 is 0.672 bits per heavy atom. The second-order valence-electron chi connectivity index (χ2n) is 16.7. The van der Waals surface area contributed by atoms with E-state index in [4.69, 9.17) is 14.2 Å². The lowest BCUT2D eigenvalue weighted by molar-refractivity contribution is -0.167. The maximum atomic E-state index is 12.7. The van der Waals surface area contributed by atoms with Gasteiger partial charge in [-0.15, -0.1) is 0 Å². The molecule has 0 bridgehead atoms. The summed E-state index contributed by atoms with van der Waals surface area (Å²) in [5.41, 5.74) is 0. The maximum Gasteiger partial charge on any atom is 0.306 e. The Labute approximate surface area is 359 Å². The number of unbranched alkanes of at least 4 members (excludes halogenated alkanes) is 28. The molecule has 0 N–H and O–H groups in total. The van der Waals surface area contributed by atoms with Crippen molar-refractivity contribution in [1.29, 1.82) is 0 Å². The average Bonchev–Trinajstić information content (AvgIpc) is 3.22. The first kappa shape index (κ1) is 55.6. The Kier molecular flexibility index (Phi) is 45.4. The lowest BCUT2D eigenvalue weighted by Gasteiger charge is -2.18. The minimum atomic E-state index is -0.772. The largest absolute Gasteiger partial charge is 0.462 e. The quantitative estimate of drug-likeness (QED) is 0.0264. The van der Waals surface area contributed by atoms with Crippen LogP contribution in [0.2, 0.25) is 0 Å². The van der Waals surface area contributed by atoms with E-state index in [0.717, 1.165) is 96.3 Å². The van der Waals surface area contributed by atoms with E-state index in [1.165, 1.54) is 122 Å². The van der Waals surface area contributed by atoms with Crippen LogP contribution in [-0.2, 0) is 28.6 Å². The normalized spacial score (nSPS) is 12.3. The standard InChI is InChI=1S/C52H94O6/c1-4-7-10-13-16-19-22-25-26-28-31-33-36-39-42-45-51(54)57-48-49(58-52(55)46-43-40-37-34-29-24-21-18-15-12-9-6-3)47-56-50(53)44-41-38-35-32-30-27-23-20-17-14-11-8-5-2/h7,10,16,19,25-26,49H,4-6,8-9,11-15,17-18,20-24,27-48H2,1-3H3/b10-7-,19-16-,26-25-/t49-/m0/s1. The number of carbonyl (C=O) groups excluding carboxylic acids is 3. The van der Waals surface area contributed by atoms with Crippen LogP contribution in [0.25, 0.3) is 0 Å². The van der Waals surface area contributed by atoms with Gasteiger partial charge in [-0.25, -0.2) is 0 Å². The molecule has 0 rings (SSSR count).